The van der Waals surface area contributed by atoms with Crippen LogP contribution in [0.5, 0.6) is 5.75 Å². The number of ether oxygens (including phenoxy) is 2. The molecule has 0 fully saturated rings. The van der Waals surface area contributed by atoms with E-state index in [4.69, 9.17) is 9.47 Å². The average molecular weight is 326 g/mol. The largest absolute Gasteiger partial charge is 0.461 e. The molecule has 0 radical (unpaired) electrons. The molecular formula is C22H30O2. The minimum atomic E-state index is -0.361. The molecule has 2 unspecified atom stereocenters. The normalized spacial score (nSPS) is 13.7. The van der Waals surface area contributed by atoms with E-state index >= 15 is 0 Å². The van der Waals surface area contributed by atoms with E-state index in [9.17, 15) is 0 Å². The summed E-state index contributed by atoms with van der Waals surface area (Å²) in [4.78, 5) is 0. The van der Waals surface area contributed by atoms with Gasteiger partial charge in [-0.15, -0.1) is 0 Å². The van der Waals surface area contributed by atoms with Crippen molar-refractivity contribution in [2.45, 2.75) is 52.7 Å². The van der Waals surface area contributed by atoms with Gasteiger partial charge in [0.15, 0.2) is 0 Å². The summed E-state index contributed by atoms with van der Waals surface area (Å²) in [6.45, 7) is 9.43. The molecule has 130 valence electrons. The number of benzene rings is 2. The fourth-order valence-corrected chi connectivity index (χ4v) is 3.01. The first kappa shape index (κ1) is 18.5. The monoisotopic (exact) mass is 326 g/mol. The summed E-state index contributed by atoms with van der Waals surface area (Å²) in [7, 11) is 0. The topological polar surface area (TPSA) is 18.5 Å². The van der Waals surface area contributed by atoms with E-state index in [0.29, 0.717) is 18.4 Å². The lowest BCUT2D eigenvalue weighted by Crippen LogP contribution is -2.12. The lowest BCUT2D eigenvalue weighted by Gasteiger charge is -2.21. The van der Waals surface area contributed by atoms with Gasteiger partial charge in [0.2, 0.25) is 6.29 Å². The summed E-state index contributed by atoms with van der Waals surface area (Å²) < 4.78 is 11.8. The van der Waals surface area contributed by atoms with Crippen LogP contribution in [-0.2, 0) is 4.74 Å². The SMILES string of the molecule is CCOC(Oc1ccc(C(CC)CC(C)C)cc1)c1ccccc1. The van der Waals surface area contributed by atoms with E-state index in [0.717, 1.165) is 11.3 Å². The molecule has 0 aliphatic rings. The van der Waals surface area contributed by atoms with Crippen molar-refractivity contribution >= 4 is 0 Å². The Labute approximate surface area is 146 Å². The quantitative estimate of drug-likeness (QED) is 0.500. The molecule has 2 rings (SSSR count). The molecule has 0 aliphatic carbocycles. The minimum Gasteiger partial charge on any atom is -0.461 e. The zero-order valence-electron chi connectivity index (χ0n) is 15.4. The van der Waals surface area contributed by atoms with Gasteiger partial charge in [0.05, 0.1) is 0 Å². The van der Waals surface area contributed by atoms with E-state index in [1.165, 1.54) is 18.4 Å². The predicted octanol–water partition coefficient (Wildman–Crippen LogP) is 6.34. The van der Waals surface area contributed by atoms with Crippen LogP contribution in [0.4, 0.5) is 0 Å². The maximum absolute atomic E-state index is 6.07. The summed E-state index contributed by atoms with van der Waals surface area (Å²) in [5.41, 5.74) is 2.43. The van der Waals surface area contributed by atoms with E-state index in [-0.39, 0.29) is 6.29 Å². The summed E-state index contributed by atoms with van der Waals surface area (Å²) >= 11 is 0. The third-order valence-electron chi connectivity index (χ3n) is 4.23. The minimum absolute atomic E-state index is 0.361. The van der Waals surface area contributed by atoms with Crippen molar-refractivity contribution in [3.63, 3.8) is 0 Å². The van der Waals surface area contributed by atoms with Gasteiger partial charge in [0.1, 0.15) is 5.75 Å². The molecule has 0 N–H and O–H groups in total. The second-order valence-electron chi connectivity index (χ2n) is 6.62. The lowest BCUT2D eigenvalue weighted by atomic mass is 9.88. The Morgan fingerprint density at radius 3 is 2.04 bits per heavy atom. The Morgan fingerprint density at radius 1 is 0.833 bits per heavy atom. The van der Waals surface area contributed by atoms with Gasteiger partial charge < -0.3 is 9.47 Å². The molecule has 0 saturated heterocycles. The van der Waals surface area contributed by atoms with Gasteiger partial charge in [-0.05, 0) is 49.3 Å². The highest BCUT2D eigenvalue weighted by atomic mass is 16.7. The van der Waals surface area contributed by atoms with Crippen LogP contribution in [0.2, 0.25) is 0 Å². The third-order valence-corrected chi connectivity index (χ3v) is 4.23. The van der Waals surface area contributed by atoms with Crippen molar-refractivity contribution in [3.8, 4) is 5.75 Å². The van der Waals surface area contributed by atoms with Crippen molar-refractivity contribution in [1.82, 2.24) is 0 Å². The molecule has 0 amide bonds. The first-order chi connectivity index (χ1) is 11.6. The van der Waals surface area contributed by atoms with Gasteiger partial charge >= 0.3 is 0 Å². The summed E-state index contributed by atoms with van der Waals surface area (Å²) in [5.74, 6) is 2.18. The van der Waals surface area contributed by atoms with Crippen LogP contribution in [0.25, 0.3) is 0 Å². The van der Waals surface area contributed by atoms with Gasteiger partial charge in [-0.1, -0.05) is 63.2 Å². The van der Waals surface area contributed by atoms with Crippen LogP contribution in [0, 0.1) is 5.92 Å². The Kier molecular flexibility index (Phi) is 7.33. The van der Waals surface area contributed by atoms with Crippen molar-refractivity contribution in [2.75, 3.05) is 6.61 Å². The van der Waals surface area contributed by atoms with Crippen LogP contribution in [0.3, 0.4) is 0 Å². The van der Waals surface area contributed by atoms with Crippen molar-refractivity contribution in [3.05, 3.63) is 65.7 Å². The third kappa shape index (κ3) is 5.38. The van der Waals surface area contributed by atoms with Crippen molar-refractivity contribution in [2.24, 2.45) is 5.92 Å². The van der Waals surface area contributed by atoms with Crippen LogP contribution in [-0.4, -0.2) is 6.61 Å². The second kappa shape index (κ2) is 9.48. The smallest absolute Gasteiger partial charge is 0.226 e. The van der Waals surface area contributed by atoms with Gasteiger partial charge in [-0.25, -0.2) is 0 Å². The molecule has 2 atom stereocenters. The Morgan fingerprint density at radius 2 is 1.50 bits per heavy atom. The number of rotatable bonds is 9. The highest BCUT2D eigenvalue weighted by Gasteiger charge is 2.14. The first-order valence-corrected chi connectivity index (χ1v) is 9.07. The van der Waals surface area contributed by atoms with Gasteiger partial charge in [-0.2, -0.15) is 0 Å². The average Bonchev–Trinajstić information content (AvgIpc) is 2.60. The molecule has 24 heavy (non-hydrogen) atoms. The van der Waals surface area contributed by atoms with E-state index < -0.39 is 0 Å². The molecule has 0 aromatic heterocycles. The van der Waals surface area contributed by atoms with Gasteiger partial charge in [0.25, 0.3) is 0 Å². The predicted molar refractivity (Wildman–Crippen MR) is 100 cm³/mol. The zero-order valence-corrected chi connectivity index (χ0v) is 15.4. The molecule has 0 spiro atoms. The summed E-state index contributed by atoms with van der Waals surface area (Å²) in [6.07, 6.45) is 2.03. The molecule has 0 bridgehead atoms. The molecule has 0 aliphatic heterocycles. The van der Waals surface area contributed by atoms with Crippen LogP contribution in [0.1, 0.15) is 63.9 Å². The number of hydrogen-bond acceptors (Lipinski definition) is 2. The fraction of sp³-hybridized carbons (Fsp3) is 0.455. The van der Waals surface area contributed by atoms with Crippen LogP contribution < -0.4 is 4.74 Å². The molecular weight excluding hydrogens is 296 g/mol. The van der Waals surface area contributed by atoms with Gasteiger partial charge in [0, 0.05) is 12.2 Å². The van der Waals surface area contributed by atoms with Crippen molar-refractivity contribution in [1.29, 1.82) is 0 Å². The van der Waals surface area contributed by atoms with Crippen molar-refractivity contribution < 1.29 is 9.47 Å². The first-order valence-electron chi connectivity index (χ1n) is 9.07. The standard InChI is InChI=1S/C22H30O2/c1-5-18(16-17(3)4)19-12-14-21(15-13-19)24-22(23-6-2)20-10-8-7-9-11-20/h7-15,17-18,22H,5-6,16H2,1-4H3. The Balaban J connectivity index is 2.08. The van der Waals surface area contributed by atoms with E-state index in [1.54, 1.807) is 0 Å². The summed E-state index contributed by atoms with van der Waals surface area (Å²) in [6, 6.07) is 18.6. The highest BCUT2D eigenvalue weighted by Crippen LogP contribution is 2.29. The maximum Gasteiger partial charge on any atom is 0.226 e. The van der Waals surface area contributed by atoms with Gasteiger partial charge in [-0.3, -0.25) is 0 Å². The van der Waals surface area contributed by atoms with E-state index in [2.05, 4.69) is 45.0 Å². The Hall–Kier alpha value is -1.80. The highest BCUT2D eigenvalue weighted by molar-refractivity contribution is 5.30. The molecule has 0 heterocycles. The zero-order chi connectivity index (χ0) is 17.4. The lowest BCUT2D eigenvalue weighted by molar-refractivity contribution is -0.0786. The molecule has 2 aromatic rings. The van der Waals surface area contributed by atoms with Crippen LogP contribution in [0.15, 0.2) is 54.6 Å². The van der Waals surface area contributed by atoms with Crippen LogP contribution >= 0.6 is 0 Å². The second-order valence-corrected chi connectivity index (χ2v) is 6.62. The molecule has 0 saturated carbocycles. The summed E-state index contributed by atoms with van der Waals surface area (Å²) in [5, 5.41) is 0. The number of hydrogen-bond donors (Lipinski definition) is 0. The maximum atomic E-state index is 6.07. The molecule has 2 nitrogen and oxygen atoms in total. The fourth-order valence-electron chi connectivity index (χ4n) is 3.01. The molecule has 2 aromatic carbocycles. The Bertz CT molecular complexity index is 575. The van der Waals surface area contributed by atoms with E-state index in [1.807, 2.05) is 37.3 Å². The molecule has 2 heteroatoms.